The van der Waals surface area contributed by atoms with E-state index in [4.69, 9.17) is 11.6 Å². The van der Waals surface area contributed by atoms with Crippen LogP contribution in [0, 0.1) is 0 Å². The zero-order valence-corrected chi connectivity index (χ0v) is 12.9. The van der Waals surface area contributed by atoms with Crippen molar-refractivity contribution in [3.63, 3.8) is 0 Å². The van der Waals surface area contributed by atoms with E-state index in [-0.39, 0.29) is 4.87 Å². The first-order chi connectivity index (χ1) is 10.1. The number of rotatable bonds is 3. The van der Waals surface area contributed by atoms with Crippen molar-refractivity contribution in [1.29, 1.82) is 0 Å². The van der Waals surface area contributed by atoms with Crippen molar-refractivity contribution in [2.75, 3.05) is 13.1 Å². The maximum atomic E-state index is 6.64. The summed E-state index contributed by atoms with van der Waals surface area (Å²) in [6.45, 7) is 4.75. The maximum Gasteiger partial charge on any atom is 0.0731 e. The van der Waals surface area contributed by atoms with Crippen LogP contribution < -0.4 is 0 Å². The first kappa shape index (κ1) is 14.3. The van der Waals surface area contributed by atoms with Crippen LogP contribution in [0.2, 0.25) is 0 Å². The van der Waals surface area contributed by atoms with Gasteiger partial charge in [0.1, 0.15) is 0 Å². The molecule has 1 aliphatic rings. The molecule has 0 spiro atoms. The molecule has 0 aliphatic carbocycles. The number of aromatic nitrogens is 1. The van der Waals surface area contributed by atoms with Crippen LogP contribution in [0.1, 0.15) is 18.1 Å². The lowest BCUT2D eigenvalue weighted by Crippen LogP contribution is -2.40. The Labute approximate surface area is 131 Å². The van der Waals surface area contributed by atoms with E-state index >= 15 is 0 Å². The van der Waals surface area contributed by atoms with E-state index in [1.807, 2.05) is 18.3 Å². The number of alkyl halides is 1. The highest BCUT2D eigenvalue weighted by molar-refractivity contribution is 6.25. The molecule has 0 saturated carbocycles. The molecule has 0 N–H and O–H groups in total. The van der Waals surface area contributed by atoms with Crippen molar-refractivity contribution in [3.05, 3.63) is 72.1 Å². The lowest BCUT2D eigenvalue weighted by Gasteiger charge is -2.35. The molecule has 1 aromatic carbocycles. The molecule has 1 unspecified atom stereocenters. The maximum absolute atomic E-state index is 6.64. The molecule has 21 heavy (non-hydrogen) atoms. The number of hydrogen-bond acceptors (Lipinski definition) is 2. The van der Waals surface area contributed by atoms with E-state index in [9.17, 15) is 0 Å². The van der Waals surface area contributed by atoms with Gasteiger partial charge in [-0.1, -0.05) is 42.5 Å². The lowest BCUT2D eigenvalue weighted by atomic mass is 9.96. The molecule has 2 aromatic rings. The van der Waals surface area contributed by atoms with Crippen LogP contribution >= 0.6 is 11.6 Å². The molecule has 0 radical (unpaired) electrons. The fourth-order valence-electron chi connectivity index (χ4n) is 2.87. The third-order valence-corrected chi connectivity index (χ3v) is 3.91. The molecule has 108 valence electrons. The second-order valence-electron chi connectivity index (χ2n) is 5.82. The topological polar surface area (TPSA) is 16.1 Å². The molecular weight excluding hydrogens is 280 g/mol. The summed E-state index contributed by atoms with van der Waals surface area (Å²) < 4.78 is 0. The smallest absolute Gasteiger partial charge is 0.0731 e. The van der Waals surface area contributed by atoms with Crippen LogP contribution in [0.15, 0.2) is 60.9 Å². The molecular formula is C18H19ClN2. The minimum Gasteiger partial charge on any atom is -0.293 e. The van der Waals surface area contributed by atoms with Gasteiger partial charge < -0.3 is 0 Å². The highest BCUT2D eigenvalue weighted by atomic mass is 35.5. The van der Waals surface area contributed by atoms with E-state index in [0.717, 1.165) is 25.2 Å². The van der Waals surface area contributed by atoms with Gasteiger partial charge in [-0.25, -0.2) is 0 Å². The predicted molar refractivity (Wildman–Crippen MR) is 88.2 cm³/mol. The summed E-state index contributed by atoms with van der Waals surface area (Å²) in [4.78, 5) is 6.27. The summed E-state index contributed by atoms with van der Waals surface area (Å²) >= 11 is 6.64. The molecule has 3 rings (SSSR count). The first-order valence-corrected chi connectivity index (χ1v) is 7.57. The standard InChI is InChI=1S/C18H19ClN2/c1-18(19)10-17(16-8-5-9-20-11-16)13-21(14-18)12-15-6-3-2-4-7-15/h2-11H,12-14H2,1H3. The number of halogens is 1. The Balaban J connectivity index is 1.82. The molecule has 1 aromatic heterocycles. The zero-order valence-electron chi connectivity index (χ0n) is 12.2. The quantitative estimate of drug-likeness (QED) is 0.797. The van der Waals surface area contributed by atoms with E-state index in [1.165, 1.54) is 11.1 Å². The third kappa shape index (κ3) is 3.72. The SMILES string of the molecule is CC1(Cl)C=C(c2cccnc2)CN(Cc2ccccc2)C1. The second-order valence-corrected chi connectivity index (χ2v) is 6.68. The van der Waals surface area contributed by atoms with Crippen molar-refractivity contribution in [2.45, 2.75) is 18.3 Å². The Kier molecular flexibility index (Phi) is 4.09. The average molecular weight is 299 g/mol. The zero-order chi connectivity index (χ0) is 14.7. The van der Waals surface area contributed by atoms with Gasteiger partial charge in [-0.05, 0) is 29.7 Å². The van der Waals surface area contributed by atoms with Crippen LogP contribution in [0.25, 0.3) is 5.57 Å². The summed E-state index contributed by atoms with van der Waals surface area (Å²) in [5, 5.41) is 0. The first-order valence-electron chi connectivity index (χ1n) is 7.20. The van der Waals surface area contributed by atoms with Gasteiger partial charge in [0, 0.05) is 32.0 Å². The van der Waals surface area contributed by atoms with Gasteiger partial charge in [-0.3, -0.25) is 9.88 Å². The molecule has 2 nitrogen and oxygen atoms in total. The summed E-state index contributed by atoms with van der Waals surface area (Å²) in [5.41, 5.74) is 3.72. The monoisotopic (exact) mass is 298 g/mol. The number of hydrogen-bond donors (Lipinski definition) is 0. The van der Waals surface area contributed by atoms with Crippen molar-refractivity contribution in [3.8, 4) is 0 Å². The van der Waals surface area contributed by atoms with E-state index in [1.54, 1.807) is 6.20 Å². The van der Waals surface area contributed by atoms with E-state index in [0.29, 0.717) is 0 Å². The fourth-order valence-corrected chi connectivity index (χ4v) is 3.17. The molecule has 0 bridgehead atoms. The third-order valence-electron chi connectivity index (χ3n) is 3.68. The van der Waals surface area contributed by atoms with Gasteiger partial charge in [0.05, 0.1) is 4.87 Å². The van der Waals surface area contributed by atoms with Crippen molar-refractivity contribution >= 4 is 17.2 Å². The van der Waals surface area contributed by atoms with Crippen LogP contribution in [-0.2, 0) is 6.54 Å². The van der Waals surface area contributed by atoms with Gasteiger partial charge in [0.2, 0.25) is 0 Å². The molecule has 0 saturated heterocycles. The lowest BCUT2D eigenvalue weighted by molar-refractivity contribution is 0.274. The van der Waals surface area contributed by atoms with Crippen LogP contribution in [-0.4, -0.2) is 27.8 Å². The highest BCUT2D eigenvalue weighted by Gasteiger charge is 2.28. The predicted octanol–water partition coefficient (Wildman–Crippen LogP) is 3.98. The van der Waals surface area contributed by atoms with Crippen LogP contribution in [0.5, 0.6) is 0 Å². The Morgan fingerprint density at radius 3 is 2.71 bits per heavy atom. The van der Waals surface area contributed by atoms with Gasteiger partial charge in [-0.2, -0.15) is 0 Å². The number of nitrogens with zero attached hydrogens (tertiary/aromatic N) is 2. The summed E-state index contributed by atoms with van der Waals surface area (Å²) in [6, 6.07) is 14.6. The van der Waals surface area contributed by atoms with Crippen LogP contribution in [0.3, 0.4) is 0 Å². The molecule has 1 aliphatic heterocycles. The van der Waals surface area contributed by atoms with Crippen molar-refractivity contribution in [2.24, 2.45) is 0 Å². The van der Waals surface area contributed by atoms with Crippen molar-refractivity contribution < 1.29 is 0 Å². The minimum absolute atomic E-state index is 0.335. The highest BCUT2D eigenvalue weighted by Crippen LogP contribution is 2.30. The minimum atomic E-state index is -0.335. The van der Waals surface area contributed by atoms with Gasteiger partial charge in [-0.15, -0.1) is 11.6 Å². The number of benzene rings is 1. The van der Waals surface area contributed by atoms with Gasteiger partial charge in [0.25, 0.3) is 0 Å². The Hall–Kier alpha value is -1.64. The Morgan fingerprint density at radius 2 is 2.00 bits per heavy atom. The largest absolute Gasteiger partial charge is 0.293 e. The van der Waals surface area contributed by atoms with E-state index in [2.05, 4.69) is 53.2 Å². The molecule has 0 amide bonds. The molecule has 1 atom stereocenters. The number of pyridine rings is 1. The fraction of sp³-hybridized carbons (Fsp3) is 0.278. The molecule has 0 fully saturated rings. The molecule has 3 heteroatoms. The summed E-state index contributed by atoms with van der Waals surface area (Å²) in [5.74, 6) is 0. The normalized spacial score (nSPS) is 22.9. The van der Waals surface area contributed by atoms with E-state index < -0.39 is 0 Å². The second kappa shape index (κ2) is 6.00. The van der Waals surface area contributed by atoms with Gasteiger partial charge in [0.15, 0.2) is 0 Å². The van der Waals surface area contributed by atoms with Crippen molar-refractivity contribution in [1.82, 2.24) is 9.88 Å². The van der Waals surface area contributed by atoms with Gasteiger partial charge >= 0.3 is 0 Å². The molecule has 2 heterocycles. The Morgan fingerprint density at radius 1 is 1.19 bits per heavy atom. The summed E-state index contributed by atoms with van der Waals surface area (Å²) in [6.07, 6.45) is 5.88. The summed E-state index contributed by atoms with van der Waals surface area (Å²) in [7, 11) is 0. The average Bonchev–Trinajstić information content (AvgIpc) is 2.47. The Bertz CT molecular complexity index is 620. The van der Waals surface area contributed by atoms with Crippen LogP contribution in [0.4, 0.5) is 0 Å².